The monoisotopic (exact) mass is 298 g/mol. The summed E-state index contributed by atoms with van der Waals surface area (Å²) in [5.41, 5.74) is 7.86. The molecule has 0 fully saturated rings. The van der Waals surface area contributed by atoms with E-state index in [1.54, 1.807) is 0 Å². The number of hydrogen-bond acceptors (Lipinski definition) is 2. The van der Waals surface area contributed by atoms with Crippen molar-refractivity contribution in [2.24, 2.45) is 5.73 Å². The van der Waals surface area contributed by atoms with Gasteiger partial charge < -0.3 is 11.1 Å². The number of benzene rings is 1. The van der Waals surface area contributed by atoms with Crippen molar-refractivity contribution >= 4 is 18.3 Å². The molecule has 20 heavy (non-hydrogen) atoms. The second kappa shape index (κ2) is 8.98. The average Bonchev–Trinajstić information content (AvgIpc) is 2.35. The number of hydrogen-bond donors (Lipinski definition) is 2. The van der Waals surface area contributed by atoms with Crippen molar-refractivity contribution in [3.8, 4) is 0 Å². The van der Waals surface area contributed by atoms with Gasteiger partial charge in [-0.2, -0.15) is 0 Å². The van der Waals surface area contributed by atoms with E-state index >= 15 is 0 Å². The van der Waals surface area contributed by atoms with Crippen LogP contribution in [-0.4, -0.2) is 18.0 Å². The van der Waals surface area contributed by atoms with Crippen molar-refractivity contribution in [3.63, 3.8) is 0 Å². The van der Waals surface area contributed by atoms with Gasteiger partial charge in [0.1, 0.15) is 0 Å². The highest BCUT2D eigenvalue weighted by molar-refractivity contribution is 5.85. The number of carbonyl (C=O) groups is 1. The van der Waals surface area contributed by atoms with E-state index in [-0.39, 0.29) is 23.9 Å². The van der Waals surface area contributed by atoms with Crippen LogP contribution in [0.4, 0.5) is 0 Å². The van der Waals surface area contributed by atoms with Crippen LogP contribution in [0.3, 0.4) is 0 Å². The Bertz CT molecular complexity index is 396. The Balaban J connectivity index is 0.00000361. The Kier molecular flexibility index (Phi) is 8.51. The summed E-state index contributed by atoms with van der Waals surface area (Å²) in [6.45, 7) is 6.49. The lowest BCUT2D eigenvalue weighted by Gasteiger charge is -2.18. The van der Waals surface area contributed by atoms with Gasteiger partial charge in [-0.3, -0.25) is 4.79 Å². The van der Waals surface area contributed by atoms with E-state index < -0.39 is 0 Å². The van der Waals surface area contributed by atoms with Crippen LogP contribution in [0, 0.1) is 0 Å². The molecule has 0 aliphatic carbocycles. The first-order chi connectivity index (χ1) is 8.90. The van der Waals surface area contributed by atoms with Crippen molar-refractivity contribution in [3.05, 3.63) is 35.4 Å². The van der Waals surface area contributed by atoms with Crippen LogP contribution in [0.25, 0.3) is 0 Å². The Morgan fingerprint density at radius 2 is 1.75 bits per heavy atom. The van der Waals surface area contributed by atoms with Gasteiger partial charge in [0.25, 0.3) is 0 Å². The number of aryl methyl sites for hydroxylation is 1. The van der Waals surface area contributed by atoms with Crippen molar-refractivity contribution < 1.29 is 4.79 Å². The van der Waals surface area contributed by atoms with Gasteiger partial charge in [0.2, 0.25) is 5.91 Å². The maximum atomic E-state index is 11.7. The van der Waals surface area contributed by atoms with Gasteiger partial charge in [-0.1, -0.05) is 37.6 Å². The van der Waals surface area contributed by atoms with E-state index in [9.17, 15) is 4.79 Å². The van der Waals surface area contributed by atoms with Gasteiger partial charge in [-0.05, 0) is 37.8 Å². The number of carbonyl (C=O) groups excluding carboxylic acids is 1. The van der Waals surface area contributed by atoms with Gasteiger partial charge in [0, 0.05) is 12.1 Å². The average molecular weight is 299 g/mol. The summed E-state index contributed by atoms with van der Waals surface area (Å²) in [7, 11) is 0. The zero-order chi connectivity index (χ0) is 14.3. The normalized spacial score (nSPS) is 10.8. The molecule has 0 saturated carbocycles. The third-order valence-corrected chi connectivity index (χ3v) is 2.95. The first kappa shape index (κ1) is 18.9. The number of unbranched alkanes of at least 4 members (excludes halogenated alkanes) is 1. The second-order valence-electron chi connectivity index (χ2n) is 5.86. The summed E-state index contributed by atoms with van der Waals surface area (Å²) < 4.78 is 0. The zero-order valence-corrected chi connectivity index (χ0v) is 13.6. The van der Waals surface area contributed by atoms with Crippen LogP contribution < -0.4 is 11.1 Å². The zero-order valence-electron chi connectivity index (χ0n) is 12.7. The smallest absolute Gasteiger partial charge is 0.224 e. The minimum absolute atomic E-state index is 0. The van der Waals surface area contributed by atoms with Gasteiger partial charge >= 0.3 is 0 Å². The summed E-state index contributed by atoms with van der Waals surface area (Å²) in [5, 5.41) is 2.86. The molecule has 4 heteroatoms. The minimum Gasteiger partial charge on any atom is -0.354 e. The number of amides is 1. The summed E-state index contributed by atoms with van der Waals surface area (Å²) in [5.74, 6) is 0.0276. The van der Waals surface area contributed by atoms with Gasteiger partial charge in [-0.15, -0.1) is 12.4 Å². The van der Waals surface area contributed by atoms with Crippen LogP contribution in [0.5, 0.6) is 0 Å². The fraction of sp³-hybridized carbons (Fsp3) is 0.562. The number of nitrogens with two attached hydrogens (primary N) is 1. The predicted molar refractivity (Wildman–Crippen MR) is 87.3 cm³/mol. The lowest BCUT2D eigenvalue weighted by Crippen LogP contribution is -2.45. The summed E-state index contributed by atoms with van der Waals surface area (Å²) in [6.07, 6.45) is 3.96. The molecule has 1 rings (SSSR count). The van der Waals surface area contributed by atoms with Gasteiger partial charge in [0.15, 0.2) is 0 Å². The molecule has 3 nitrogen and oxygen atoms in total. The van der Waals surface area contributed by atoms with Crippen LogP contribution >= 0.6 is 12.4 Å². The first-order valence-electron chi connectivity index (χ1n) is 7.04. The lowest BCUT2D eigenvalue weighted by molar-refractivity contribution is -0.120. The third-order valence-electron chi connectivity index (χ3n) is 2.95. The second-order valence-corrected chi connectivity index (χ2v) is 5.86. The van der Waals surface area contributed by atoms with Crippen LogP contribution in [0.2, 0.25) is 0 Å². The molecule has 0 aromatic heterocycles. The Morgan fingerprint density at radius 3 is 2.25 bits per heavy atom. The third kappa shape index (κ3) is 8.18. The number of halogens is 1. The van der Waals surface area contributed by atoms with E-state index in [1.165, 1.54) is 18.4 Å². The number of nitrogens with one attached hydrogen (secondary N) is 1. The molecule has 0 bridgehead atoms. The molecular weight excluding hydrogens is 272 g/mol. The van der Waals surface area contributed by atoms with E-state index in [0.29, 0.717) is 13.0 Å². The molecule has 1 amide bonds. The van der Waals surface area contributed by atoms with Crippen molar-refractivity contribution in [2.45, 2.75) is 52.0 Å². The largest absolute Gasteiger partial charge is 0.354 e. The summed E-state index contributed by atoms with van der Waals surface area (Å²) in [6, 6.07) is 8.31. The van der Waals surface area contributed by atoms with Gasteiger partial charge in [-0.25, -0.2) is 0 Å². The molecule has 114 valence electrons. The Morgan fingerprint density at radius 1 is 1.20 bits per heavy atom. The van der Waals surface area contributed by atoms with Crippen molar-refractivity contribution in [1.82, 2.24) is 5.32 Å². The lowest BCUT2D eigenvalue weighted by atomic mass is 10.0. The molecule has 0 aliphatic rings. The van der Waals surface area contributed by atoms with Crippen LogP contribution in [0.1, 0.15) is 44.7 Å². The van der Waals surface area contributed by atoms with E-state index in [4.69, 9.17) is 5.73 Å². The molecular formula is C16H27ClN2O. The maximum Gasteiger partial charge on any atom is 0.224 e. The fourth-order valence-electron chi connectivity index (χ4n) is 1.78. The van der Waals surface area contributed by atoms with E-state index in [2.05, 4.69) is 24.4 Å². The quantitative estimate of drug-likeness (QED) is 0.813. The van der Waals surface area contributed by atoms with Crippen LogP contribution in [0.15, 0.2) is 24.3 Å². The van der Waals surface area contributed by atoms with Gasteiger partial charge in [0.05, 0.1) is 6.42 Å². The Hall–Kier alpha value is -1.06. The van der Waals surface area contributed by atoms with Crippen molar-refractivity contribution in [1.29, 1.82) is 0 Å². The van der Waals surface area contributed by atoms with Crippen molar-refractivity contribution in [2.75, 3.05) is 6.54 Å². The predicted octanol–water partition coefficient (Wildman–Crippen LogP) is 2.85. The SMILES string of the molecule is CCCCc1ccc(CC(=O)NCC(C)(C)N)cc1.Cl. The molecule has 1 aromatic rings. The molecule has 0 spiro atoms. The topological polar surface area (TPSA) is 55.1 Å². The number of rotatable bonds is 7. The molecule has 0 aliphatic heterocycles. The van der Waals surface area contributed by atoms with E-state index in [1.807, 2.05) is 26.0 Å². The molecule has 3 N–H and O–H groups in total. The molecule has 0 heterocycles. The fourth-order valence-corrected chi connectivity index (χ4v) is 1.78. The maximum absolute atomic E-state index is 11.7. The molecule has 0 radical (unpaired) electrons. The molecule has 1 aromatic carbocycles. The summed E-state index contributed by atoms with van der Waals surface area (Å²) in [4.78, 5) is 11.7. The molecule has 0 saturated heterocycles. The van der Waals surface area contributed by atoms with E-state index in [0.717, 1.165) is 12.0 Å². The minimum atomic E-state index is -0.361. The highest BCUT2D eigenvalue weighted by atomic mass is 35.5. The molecule has 0 unspecified atom stereocenters. The first-order valence-corrected chi connectivity index (χ1v) is 7.04. The van der Waals surface area contributed by atoms with Crippen LogP contribution in [-0.2, 0) is 17.6 Å². The highest BCUT2D eigenvalue weighted by Crippen LogP contribution is 2.08. The Labute approximate surface area is 128 Å². The highest BCUT2D eigenvalue weighted by Gasteiger charge is 2.12. The summed E-state index contributed by atoms with van der Waals surface area (Å²) >= 11 is 0. The standard InChI is InChI=1S/C16H26N2O.ClH/c1-4-5-6-13-7-9-14(10-8-13)11-15(19)18-12-16(2,3)17;/h7-10H,4-6,11-12,17H2,1-3H3,(H,18,19);1H. The molecule has 0 atom stereocenters.